The van der Waals surface area contributed by atoms with Crippen LogP contribution in [0.1, 0.15) is 54.6 Å². The zero-order valence-electron chi connectivity index (χ0n) is 24.9. The Bertz CT molecular complexity index is 1350. The molecule has 0 bridgehead atoms. The zero-order chi connectivity index (χ0) is 30.9. The molecule has 2 unspecified atom stereocenters. The predicted molar refractivity (Wildman–Crippen MR) is 161 cm³/mol. The van der Waals surface area contributed by atoms with E-state index in [9.17, 15) is 24.6 Å². The van der Waals surface area contributed by atoms with Gasteiger partial charge in [0, 0.05) is 19.5 Å². The number of aliphatic hydroxyl groups is 1. The van der Waals surface area contributed by atoms with E-state index in [-0.39, 0.29) is 25.3 Å². The van der Waals surface area contributed by atoms with E-state index in [1.165, 1.54) is 17.0 Å². The predicted octanol–water partition coefficient (Wildman–Crippen LogP) is 4.32. The summed E-state index contributed by atoms with van der Waals surface area (Å²) in [7, 11) is 0. The molecule has 0 aromatic heterocycles. The third-order valence-corrected chi connectivity index (χ3v) is 6.59. The number of carbonyl (C=O) groups is 3. The number of rotatable bonds is 11. The number of carbonyl (C=O) groups excluding carboxylic acids is 3. The van der Waals surface area contributed by atoms with Crippen LogP contribution in [0, 0.1) is 13.8 Å². The van der Waals surface area contributed by atoms with Crippen LogP contribution >= 0.6 is 0 Å². The van der Waals surface area contributed by atoms with Crippen molar-refractivity contribution in [2.24, 2.45) is 0 Å². The van der Waals surface area contributed by atoms with Crippen molar-refractivity contribution in [1.82, 2.24) is 15.5 Å². The fourth-order valence-corrected chi connectivity index (χ4v) is 4.58. The molecule has 0 aliphatic rings. The van der Waals surface area contributed by atoms with Crippen molar-refractivity contribution in [2.75, 3.05) is 13.2 Å². The number of amides is 3. The average molecular weight is 576 g/mol. The molecule has 0 heterocycles. The van der Waals surface area contributed by atoms with Gasteiger partial charge in [0.05, 0.1) is 6.61 Å². The Balaban J connectivity index is 2.03. The number of aromatic hydroxyl groups is 1. The number of nitrogens with zero attached hydrogens (tertiary/aromatic N) is 1. The summed E-state index contributed by atoms with van der Waals surface area (Å²) in [5.74, 6) is -0.924. The lowest BCUT2D eigenvalue weighted by Gasteiger charge is -2.35. The van der Waals surface area contributed by atoms with Crippen molar-refractivity contribution in [1.29, 1.82) is 0 Å². The third-order valence-electron chi connectivity index (χ3n) is 6.59. The summed E-state index contributed by atoms with van der Waals surface area (Å²) in [6.45, 7) is 8.60. The van der Waals surface area contributed by atoms with Crippen molar-refractivity contribution in [3.8, 4) is 5.75 Å². The van der Waals surface area contributed by atoms with Gasteiger partial charge in [-0.15, -0.1) is 0 Å². The van der Waals surface area contributed by atoms with Gasteiger partial charge in [0.1, 0.15) is 23.4 Å². The van der Waals surface area contributed by atoms with Crippen LogP contribution in [0.3, 0.4) is 0 Å². The van der Waals surface area contributed by atoms with Crippen LogP contribution in [-0.2, 0) is 27.3 Å². The Morgan fingerprint density at radius 1 is 0.929 bits per heavy atom. The van der Waals surface area contributed by atoms with E-state index < -0.39 is 42.2 Å². The Morgan fingerprint density at radius 3 is 2.21 bits per heavy atom. The zero-order valence-corrected chi connectivity index (χ0v) is 24.9. The standard InChI is InChI=1S/C33H41N3O6/c1-22-11-12-23(2)27(19-22)29(30(39)34-21-25-9-7-6-8-10-25)36(17-18-37)31(40)28(35-32(41)42-33(3,4)5)20-24-13-15-26(38)16-14-24/h6-16,19,28-29,37-38H,17-18,20-21H2,1-5H3,(H,34,39)(H,35,41). The largest absolute Gasteiger partial charge is 0.508 e. The Morgan fingerprint density at radius 2 is 1.60 bits per heavy atom. The fraction of sp³-hybridized carbons (Fsp3) is 0.364. The summed E-state index contributed by atoms with van der Waals surface area (Å²) in [5.41, 5.74) is 3.07. The summed E-state index contributed by atoms with van der Waals surface area (Å²) in [6, 6.07) is 19.2. The second kappa shape index (κ2) is 14.5. The molecule has 0 aliphatic heterocycles. The van der Waals surface area contributed by atoms with Crippen LogP contribution in [0.2, 0.25) is 0 Å². The van der Waals surface area contributed by atoms with Gasteiger partial charge in [0.25, 0.3) is 0 Å². The molecule has 0 radical (unpaired) electrons. The van der Waals surface area contributed by atoms with Crippen LogP contribution < -0.4 is 10.6 Å². The first-order chi connectivity index (χ1) is 19.9. The van der Waals surface area contributed by atoms with Crippen molar-refractivity contribution >= 4 is 17.9 Å². The van der Waals surface area contributed by atoms with Gasteiger partial charge in [-0.1, -0.05) is 66.2 Å². The van der Waals surface area contributed by atoms with E-state index >= 15 is 0 Å². The van der Waals surface area contributed by atoms with Crippen LogP contribution in [0.5, 0.6) is 5.75 Å². The highest BCUT2D eigenvalue weighted by Gasteiger charge is 2.37. The summed E-state index contributed by atoms with van der Waals surface area (Å²) >= 11 is 0. The first kappa shape index (κ1) is 32.1. The molecule has 0 saturated carbocycles. The molecular formula is C33H41N3O6. The van der Waals surface area contributed by atoms with Crippen molar-refractivity contribution in [3.63, 3.8) is 0 Å². The minimum absolute atomic E-state index is 0.0610. The highest BCUT2D eigenvalue weighted by molar-refractivity contribution is 5.92. The molecule has 0 aliphatic carbocycles. The lowest BCUT2D eigenvalue weighted by atomic mass is 9.95. The number of hydrogen-bond donors (Lipinski definition) is 4. The number of alkyl carbamates (subject to hydrolysis) is 1. The van der Waals surface area contributed by atoms with Gasteiger partial charge in [0.15, 0.2) is 0 Å². The van der Waals surface area contributed by atoms with Crippen LogP contribution in [0.25, 0.3) is 0 Å². The molecule has 3 rings (SSSR count). The summed E-state index contributed by atoms with van der Waals surface area (Å²) < 4.78 is 5.44. The van der Waals surface area contributed by atoms with Gasteiger partial charge >= 0.3 is 6.09 Å². The first-order valence-corrected chi connectivity index (χ1v) is 14.0. The molecule has 0 fully saturated rings. The second-order valence-corrected chi connectivity index (χ2v) is 11.3. The number of phenolic OH excluding ortho intramolecular Hbond substituents is 1. The van der Waals surface area contributed by atoms with Gasteiger partial charge in [-0.2, -0.15) is 0 Å². The molecule has 0 saturated heterocycles. The molecule has 3 amide bonds. The number of benzene rings is 3. The third kappa shape index (κ3) is 9.34. The molecule has 224 valence electrons. The minimum Gasteiger partial charge on any atom is -0.508 e. The molecule has 3 aromatic rings. The molecule has 9 nitrogen and oxygen atoms in total. The summed E-state index contributed by atoms with van der Waals surface area (Å²) in [4.78, 5) is 42.4. The van der Waals surface area contributed by atoms with Gasteiger partial charge in [-0.3, -0.25) is 9.59 Å². The number of aliphatic hydroxyl groups excluding tert-OH is 1. The Labute approximate surface area is 247 Å². The van der Waals surface area contributed by atoms with Gasteiger partial charge in [-0.25, -0.2) is 4.79 Å². The highest BCUT2D eigenvalue weighted by atomic mass is 16.6. The van der Waals surface area contributed by atoms with Crippen molar-refractivity contribution < 1.29 is 29.3 Å². The number of phenols is 1. The number of hydrogen-bond acceptors (Lipinski definition) is 6. The molecular weight excluding hydrogens is 534 g/mol. The number of nitrogens with one attached hydrogen (secondary N) is 2. The molecule has 4 N–H and O–H groups in total. The average Bonchev–Trinajstić information content (AvgIpc) is 2.93. The highest BCUT2D eigenvalue weighted by Crippen LogP contribution is 2.27. The van der Waals surface area contributed by atoms with Crippen LogP contribution in [0.15, 0.2) is 72.8 Å². The molecule has 0 spiro atoms. The fourth-order valence-electron chi connectivity index (χ4n) is 4.58. The lowest BCUT2D eigenvalue weighted by Crippen LogP contribution is -2.54. The van der Waals surface area contributed by atoms with Crippen molar-refractivity contribution in [2.45, 2.75) is 65.3 Å². The van der Waals surface area contributed by atoms with E-state index in [1.54, 1.807) is 32.9 Å². The molecule has 2 atom stereocenters. The lowest BCUT2D eigenvalue weighted by molar-refractivity contribution is -0.143. The van der Waals surface area contributed by atoms with Crippen LogP contribution in [-0.4, -0.2) is 57.8 Å². The van der Waals surface area contributed by atoms with E-state index in [1.807, 2.05) is 62.4 Å². The first-order valence-electron chi connectivity index (χ1n) is 14.0. The normalized spacial score (nSPS) is 12.6. The van der Waals surface area contributed by atoms with Gasteiger partial charge in [-0.05, 0) is 69.0 Å². The van der Waals surface area contributed by atoms with Crippen molar-refractivity contribution in [3.05, 3.63) is 101 Å². The maximum atomic E-state index is 14.3. The van der Waals surface area contributed by atoms with E-state index in [0.717, 1.165) is 16.7 Å². The maximum absolute atomic E-state index is 14.3. The smallest absolute Gasteiger partial charge is 0.408 e. The van der Waals surface area contributed by atoms with E-state index in [2.05, 4.69) is 10.6 Å². The van der Waals surface area contributed by atoms with E-state index in [4.69, 9.17) is 4.74 Å². The topological polar surface area (TPSA) is 128 Å². The van der Waals surface area contributed by atoms with E-state index in [0.29, 0.717) is 11.1 Å². The summed E-state index contributed by atoms with van der Waals surface area (Å²) in [5, 5.41) is 25.4. The quantitative estimate of drug-likeness (QED) is 0.270. The monoisotopic (exact) mass is 575 g/mol. The second-order valence-electron chi connectivity index (χ2n) is 11.3. The molecule has 9 heteroatoms. The number of ether oxygens (including phenoxy) is 1. The van der Waals surface area contributed by atoms with Gasteiger partial charge in [0.2, 0.25) is 11.8 Å². The van der Waals surface area contributed by atoms with Gasteiger partial charge < -0.3 is 30.5 Å². The van der Waals surface area contributed by atoms with Crippen LogP contribution in [0.4, 0.5) is 4.79 Å². The SMILES string of the molecule is Cc1ccc(C)c(C(C(=O)NCc2ccccc2)N(CCO)C(=O)C(Cc2ccc(O)cc2)NC(=O)OC(C)(C)C)c1. The summed E-state index contributed by atoms with van der Waals surface area (Å²) in [6.07, 6.45) is -0.730. The maximum Gasteiger partial charge on any atom is 0.408 e. The minimum atomic E-state index is -1.13. The molecule has 42 heavy (non-hydrogen) atoms. The molecule has 3 aromatic carbocycles. The Hall–Kier alpha value is -4.37. The Kier molecular flexibility index (Phi) is 11.1. The number of aryl methyl sites for hydroxylation is 2.